The molecule has 0 heterocycles. The van der Waals surface area contributed by atoms with Crippen molar-refractivity contribution in [2.45, 2.75) is 328 Å². The van der Waals surface area contributed by atoms with Gasteiger partial charge < -0.3 is 20.3 Å². The Morgan fingerprint density at radius 3 is 1.09 bits per heavy atom. The van der Waals surface area contributed by atoms with E-state index < -0.39 is 12.1 Å². The molecule has 0 saturated carbocycles. The molecule has 0 rings (SSSR count). The molecule has 0 bridgehead atoms. The Kier molecular flexibility index (Phi) is 53.5. The minimum absolute atomic E-state index is 0.00666. The van der Waals surface area contributed by atoms with E-state index in [9.17, 15) is 19.8 Å². The molecule has 0 radical (unpaired) electrons. The first-order chi connectivity index (χ1) is 32.0. The summed E-state index contributed by atoms with van der Waals surface area (Å²) >= 11 is 0. The Bertz CT molecular complexity index is 1010. The average Bonchev–Trinajstić information content (AvgIpc) is 3.31. The van der Waals surface area contributed by atoms with Crippen LogP contribution in [0.2, 0.25) is 0 Å². The van der Waals surface area contributed by atoms with Crippen LogP contribution < -0.4 is 5.32 Å². The summed E-state index contributed by atoms with van der Waals surface area (Å²) in [6, 6.07) is -0.634. The number of ether oxygens (including phenoxy) is 1. The summed E-state index contributed by atoms with van der Waals surface area (Å²) in [5, 5.41) is 23.0. The van der Waals surface area contributed by atoms with Gasteiger partial charge in [0, 0.05) is 12.8 Å². The Morgan fingerprint density at radius 1 is 0.415 bits per heavy atom. The third kappa shape index (κ3) is 51.6. The van der Waals surface area contributed by atoms with Crippen LogP contribution in [0.3, 0.4) is 0 Å². The van der Waals surface area contributed by atoms with E-state index in [4.69, 9.17) is 4.74 Å². The van der Waals surface area contributed by atoms with E-state index in [0.29, 0.717) is 19.4 Å². The fourth-order valence-corrected chi connectivity index (χ4v) is 8.98. The van der Waals surface area contributed by atoms with Crippen molar-refractivity contribution < 1.29 is 24.5 Å². The quantitative estimate of drug-likeness (QED) is 0.0321. The van der Waals surface area contributed by atoms with Gasteiger partial charge in [-0.25, -0.2) is 0 Å². The number of aliphatic hydroxyl groups excluding tert-OH is 2. The molecule has 0 spiro atoms. The number of hydrogen-bond donors (Lipinski definition) is 3. The van der Waals surface area contributed by atoms with Crippen LogP contribution in [0, 0.1) is 0 Å². The molecular formula is C59H113NO5. The van der Waals surface area contributed by atoms with E-state index in [-0.39, 0.29) is 18.5 Å². The van der Waals surface area contributed by atoms with Crippen LogP contribution in [0.15, 0.2) is 24.3 Å². The van der Waals surface area contributed by atoms with Crippen LogP contribution in [0.4, 0.5) is 0 Å². The molecule has 2 unspecified atom stereocenters. The molecule has 0 aromatic carbocycles. The number of esters is 1. The van der Waals surface area contributed by atoms with Gasteiger partial charge in [0.15, 0.2) is 0 Å². The maximum absolute atomic E-state index is 12.4. The molecule has 2 atom stereocenters. The predicted molar refractivity (Wildman–Crippen MR) is 283 cm³/mol. The zero-order valence-electron chi connectivity index (χ0n) is 43.7. The van der Waals surface area contributed by atoms with E-state index in [1.807, 2.05) is 6.08 Å². The topological polar surface area (TPSA) is 95.9 Å². The number of rotatable bonds is 54. The van der Waals surface area contributed by atoms with Gasteiger partial charge in [0.2, 0.25) is 5.91 Å². The lowest BCUT2D eigenvalue weighted by molar-refractivity contribution is -0.143. The smallest absolute Gasteiger partial charge is 0.305 e. The second-order valence-electron chi connectivity index (χ2n) is 20.0. The van der Waals surface area contributed by atoms with Gasteiger partial charge >= 0.3 is 5.97 Å². The number of unbranched alkanes of at least 4 members (excludes halogenated alkanes) is 41. The van der Waals surface area contributed by atoms with Gasteiger partial charge in [-0.15, -0.1) is 0 Å². The van der Waals surface area contributed by atoms with Crippen molar-refractivity contribution in [3.05, 3.63) is 24.3 Å². The highest BCUT2D eigenvalue weighted by atomic mass is 16.5. The van der Waals surface area contributed by atoms with Gasteiger partial charge in [-0.2, -0.15) is 0 Å². The summed E-state index contributed by atoms with van der Waals surface area (Å²) in [5.74, 6) is -0.0706. The van der Waals surface area contributed by atoms with Crippen molar-refractivity contribution in [1.29, 1.82) is 0 Å². The summed E-state index contributed by atoms with van der Waals surface area (Å²) in [5.41, 5.74) is 0. The van der Waals surface area contributed by atoms with E-state index in [0.717, 1.165) is 44.9 Å². The minimum atomic E-state index is -0.849. The lowest BCUT2D eigenvalue weighted by Crippen LogP contribution is -2.45. The molecule has 0 aliphatic carbocycles. The lowest BCUT2D eigenvalue weighted by atomic mass is 10.0. The summed E-state index contributed by atoms with van der Waals surface area (Å²) in [6.07, 6.45) is 66.3. The molecule has 0 aliphatic heterocycles. The van der Waals surface area contributed by atoms with E-state index >= 15 is 0 Å². The first kappa shape index (κ1) is 63.3. The average molecular weight is 917 g/mol. The van der Waals surface area contributed by atoms with Crippen LogP contribution in [-0.2, 0) is 14.3 Å². The van der Waals surface area contributed by atoms with Gasteiger partial charge in [-0.05, 0) is 57.8 Å². The van der Waals surface area contributed by atoms with E-state index in [1.54, 1.807) is 6.08 Å². The summed E-state index contributed by atoms with van der Waals surface area (Å²) < 4.78 is 5.48. The number of nitrogens with one attached hydrogen (secondary N) is 1. The molecule has 0 aliphatic rings. The monoisotopic (exact) mass is 916 g/mol. The fraction of sp³-hybridized carbons (Fsp3) is 0.898. The Hall–Kier alpha value is -1.66. The Morgan fingerprint density at radius 2 is 0.723 bits per heavy atom. The SMILES string of the molecule is CCCCCCCCCCCCC/C=C/C(O)C(CO)NC(=O)CCCCCCCCC/C=C\CCCCCCCCCCOC(=O)CCCCCCCCCCCCCCCCCC. The van der Waals surface area contributed by atoms with Gasteiger partial charge in [0.25, 0.3) is 0 Å². The zero-order valence-corrected chi connectivity index (χ0v) is 43.7. The maximum Gasteiger partial charge on any atom is 0.305 e. The van der Waals surface area contributed by atoms with Crippen molar-refractivity contribution in [1.82, 2.24) is 5.32 Å². The van der Waals surface area contributed by atoms with Crippen molar-refractivity contribution in [2.24, 2.45) is 0 Å². The number of carbonyl (C=O) groups is 2. The van der Waals surface area contributed by atoms with Crippen LogP contribution in [0.1, 0.15) is 316 Å². The molecule has 3 N–H and O–H groups in total. The molecule has 384 valence electrons. The minimum Gasteiger partial charge on any atom is -0.466 e. The standard InChI is InChI=1S/C59H113NO5/c1-3-5-7-9-11-13-15-17-18-25-29-33-37-41-45-49-53-59(64)65-54-50-46-42-38-34-30-26-23-21-19-20-22-24-28-32-36-40-44-48-52-58(63)60-56(55-61)57(62)51-47-43-39-35-31-27-16-14-12-10-8-6-4-2/h19-20,47,51,56-57,61-62H,3-18,21-46,48-50,52-55H2,1-2H3,(H,60,63)/b20-19-,51-47+. The number of carbonyl (C=O) groups excluding carboxylic acids is 2. The third-order valence-corrected chi connectivity index (χ3v) is 13.5. The van der Waals surface area contributed by atoms with Crippen LogP contribution in [0.5, 0.6) is 0 Å². The fourth-order valence-electron chi connectivity index (χ4n) is 8.98. The largest absolute Gasteiger partial charge is 0.466 e. The molecule has 0 fully saturated rings. The van der Waals surface area contributed by atoms with Crippen molar-refractivity contribution in [3.63, 3.8) is 0 Å². The molecule has 0 aromatic heterocycles. The second-order valence-corrected chi connectivity index (χ2v) is 20.0. The third-order valence-electron chi connectivity index (χ3n) is 13.5. The van der Waals surface area contributed by atoms with Crippen molar-refractivity contribution >= 4 is 11.9 Å². The normalized spacial score (nSPS) is 12.7. The maximum atomic E-state index is 12.4. The highest BCUT2D eigenvalue weighted by molar-refractivity contribution is 5.76. The van der Waals surface area contributed by atoms with E-state index in [2.05, 4.69) is 31.3 Å². The molecular weight excluding hydrogens is 803 g/mol. The first-order valence-corrected chi connectivity index (χ1v) is 29.1. The van der Waals surface area contributed by atoms with Crippen LogP contribution in [-0.4, -0.2) is 47.4 Å². The van der Waals surface area contributed by atoms with Gasteiger partial charge in [0.05, 0.1) is 25.4 Å². The molecule has 6 heteroatoms. The van der Waals surface area contributed by atoms with E-state index in [1.165, 1.54) is 244 Å². The molecule has 6 nitrogen and oxygen atoms in total. The van der Waals surface area contributed by atoms with Crippen LogP contribution >= 0.6 is 0 Å². The molecule has 1 amide bonds. The van der Waals surface area contributed by atoms with Crippen LogP contribution in [0.25, 0.3) is 0 Å². The molecule has 0 saturated heterocycles. The summed E-state index contributed by atoms with van der Waals surface area (Å²) in [4.78, 5) is 24.5. The van der Waals surface area contributed by atoms with Crippen molar-refractivity contribution in [2.75, 3.05) is 13.2 Å². The summed E-state index contributed by atoms with van der Waals surface area (Å²) in [7, 11) is 0. The van der Waals surface area contributed by atoms with Gasteiger partial charge in [-0.3, -0.25) is 9.59 Å². The molecule has 0 aromatic rings. The van der Waals surface area contributed by atoms with Gasteiger partial charge in [-0.1, -0.05) is 269 Å². The predicted octanol–water partition coefficient (Wildman–Crippen LogP) is 17.9. The number of amides is 1. The highest BCUT2D eigenvalue weighted by Crippen LogP contribution is 2.17. The van der Waals surface area contributed by atoms with Gasteiger partial charge in [0.1, 0.15) is 0 Å². The number of allylic oxidation sites excluding steroid dienone is 3. The lowest BCUT2D eigenvalue weighted by Gasteiger charge is -2.20. The Labute approximate surface area is 405 Å². The Balaban J connectivity index is 3.44. The first-order valence-electron chi connectivity index (χ1n) is 29.1. The number of aliphatic hydroxyl groups is 2. The highest BCUT2D eigenvalue weighted by Gasteiger charge is 2.18. The van der Waals surface area contributed by atoms with Crippen molar-refractivity contribution in [3.8, 4) is 0 Å². The number of hydrogen-bond acceptors (Lipinski definition) is 5. The summed E-state index contributed by atoms with van der Waals surface area (Å²) in [6.45, 7) is 4.90. The second kappa shape index (κ2) is 54.9. The molecule has 65 heavy (non-hydrogen) atoms. The zero-order chi connectivity index (χ0) is 47.2.